The van der Waals surface area contributed by atoms with Gasteiger partial charge in [-0.05, 0) is 37.8 Å². The van der Waals surface area contributed by atoms with Crippen molar-refractivity contribution in [2.75, 3.05) is 19.7 Å². The smallest absolute Gasteiger partial charge is 0.287 e. The van der Waals surface area contributed by atoms with Crippen molar-refractivity contribution < 1.29 is 22.4 Å². The van der Waals surface area contributed by atoms with E-state index in [1.165, 1.54) is 10.4 Å². The fourth-order valence-corrected chi connectivity index (χ4v) is 4.92. The molecule has 0 spiro atoms. The van der Waals surface area contributed by atoms with E-state index < -0.39 is 15.9 Å². The van der Waals surface area contributed by atoms with Gasteiger partial charge in [-0.1, -0.05) is 24.3 Å². The van der Waals surface area contributed by atoms with E-state index in [-0.39, 0.29) is 16.4 Å². The quantitative estimate of drug-likeness (QED) is 0.728. The molecule has 2 aromatic rings. The summed E-state index contributed by atoms with van der Waals surface area (Å²) in [6.45, 7) is 5.89. The SMILES string of the molecule is CCOCc1ccccc1CNC(=O)c1cc(S(=O)(=O)N2CCCC2)c(C)o1. The summed E-state index contributed by atoms with van der Waals surface area (Å²) in [5.74, 6) is -0.219. The van der Waals surface area contributed by atoms with Crippen molar-refractivity contribution in [3.8, 4) is 0 Å². The van der Waals surface area contributed by atoms with Gasteiger partial charge in [0.15, 0.2) is 5.76 Å². The Morgan fingerprint density at radius 2 is 1.89 bits per heavy atom. The summed E-state index contributed by atoms with van der Waals surface area (Å²) in [5.41, 5.74) is 1.94. The van der Waals surface area contributed by atoms with E-state index in [2.05, 4.69) is 5.32 Å². The normalized spacial score (nSPS) is 15.1. The molecule has 28 heavy (non-hydrogen) atoms. The molecule has 8 heteroatoms. The number of amides is 1. The molecule has 1 aliphatic heterocycles. The van der Waals surface area contributed by atoms with Crippen LogP contribution >= 0.6 is 0 Å². The van der Waals surface area contributed by atoms with Crippen molar-refractivity contribution in [3.63, 3.8) is 0 Å². The molecule has 0 atom stereocenters. The lowest BCUT2D eigenvalue weighted by molar-refractivity contribution is 0.0920. The number of rotatable bonds is 8. The third-order valence-corrected chi connectivity index (χ3v) is 6.80. The Kier molecular flexibility index (Phi) is 6.53. The number of furan rings is 1. The summed E-state index contributed by atoms with van der Waals surface area (Å²) in [6.07, 6.45) is 1.70. The van der Waals surface area contributed by atoms with Gasteiger partial charge in [0, 0.05) is 32.3 Å². The molecule has 0 bridgehead atoms. The first kappa shape index (κ1) is 20.6. The van der Waals surface area contributed by atoms with E-state index in [0.29, 0.717) is 32.8 Å². The Labute approximate surface area is 165 Å². The standard InChI is InChI=1S/C20H26N2O5S/c1-3-26-14-17-9-5-4-8-16(17)13-21-20(23)18-12-19(15(2)27-18)28(24,25)22-10-6-7-11-22/h4-5,8-9,12H,3,6-7,10-11,13-14H2,1-2H3,(H,21,23). The van der Waals surface area contributed by atoms with Crippen LogP contribution in [0, 0.1) is 6.92 Å². The van der Waals surface area contributed by atoms with Crippen LogP contribution in [0.3, 0.4) is 0 Å². The number of nitrogens with zero attached hydrogens (tertiary/aromatic N) is 1. The summed E-state index contributed by atoms with van der Waals surface area (Å²) in [7, 11) is -3.62. The highest BCUT2D eigenvalue weighted by molar-refractivity contribution is 7.89. The molecule has 0 aliphatic carbocycles. The van der Waals surface area contributed by atoms with Crippen molar-refractivity contribution in [2.45, 2.75) is 44.7 Å². The Hall–Kier alpha value is -2.16. The van der Waals surface area contributed by atoms with Crippen LogP contribution in [0.4, 0.5) is 0 Å². The molecular weight excluding hydrogens is 380 g/mol. The first-order chi connectivity index (χ1) is 13.4. The average Bonchev–Trinajstić information content (AvgIpc) is 3.35. The first-order valence-electron chi connectivity index (χ1n) is 9.46. The molecule has 0 radical (unpaired) electrons. The van der Waals surface area contributed by atoms with Crippen molar-refractivity contribution >= 4 is 15.9 Å². The van der Waals surface area contributed by atoms with Gasteiger partial charge < -0.3 is 14.5 Å². The lowest BCUT2D eigenvalue weighted by Gasteiger charge is -2.14. The Balaban J connectivity index is 1.71. The minimum Gasteiger partial charge on any atom is -0.455 e. The van der Waals surface area contributed by atoms with Crippen LogP contribution in [0.5, 0.6) is 0 Å². The fraction of sp³-hybridized carbons (Fsp3) is 0.450. The van der Waals surface area contributed by atoms with Crippen LogP contribution in [0.15, 0.2) is 39.6 Å². The lowest BCUT2D eigenvalue weighted by Crippen LogP contribution is -2.28. The van der Waals surface area contributed by atoms with E-state index in [1.807, 2.05) is 31.2 Å². The molecule has 1 aliphatic rings. The summed E-state index contributed by atoms with van der Waals surface area (Å²) in [4.78, 5) is 12.6. The zero-order valence-electron chi connectivity index (χ0n) is 16.2. The predicted octanol–water partition coefficient (Wildman–Crippen LogP) is 2.84. The van der Waals surface area contributed by atoms with Gasteiger partial charge in [-0.2, -0.15) is 4.31 Å². The van der Waals surface area contributed by atoms with Crippen molar-refractivity contribution in [2.24, 2.45) is 0 Å². The van der Waals surface area contributed by atoms with Gasteiger partial charge in [-0.3, -0.25) is 4.79 Å². The van der Waals surface area contributed by atoms with E-state index >= 15 is 0 Å². The molecule has 1 amide bonds. The third-order valence-electron chi connectivity index (χ3n) is 4.80. The van der Waals surface area contributed by atoms with Gasteiger partial charge in [-0.15, -0.1) is 0 Å². The number of hydrogen-bond acceptors (Lipinski definition) is 5. The van der Waals surface area contributed by atoms with Gasteiger partial charge >= 0.3 is 0 Å². The molecule has 1 fully saturated rings. The molecule has 0 saturated carbocycles. The molecule has 0 unspecified atom stereocenters. The van der Waals surface area contributed by atoms with Crippen LogP contribution in [0.1, 0.15) is 47.2 Å². The number of ether oxygens (including phenoxy) is 1. The predicted molar refractivity (Wildman–Crippen MR) is 104 cm³/mol. The number of carbonyl (C=O) groups excluding carboxylic acids is 1. The van der Waals surface area contributed by atoms with Crippen LogP contribution in [0.25, 0.3) is 0 Å². The van der Waals surface area contributed by atoms with Crippen molar-refractivity contribution in [3.05, 3.63) is 53.0 Å². The van der Waals surface area contributed by atoms with Crippen LogP contribution in [-0.4, -0.2) is 38.3 Å². The molecule has 152 valence electrons. The number of nitrogens with one attached hydrogen (secondary N) is 1. The fourth-order valence-electron chi connectivity index (χ4n) is 3.25. The number of hydrogen-bond donors (Lipinski definition) is 1. The van der Waals surface area contributed by atoms with E-state index in [0.717, 1.165) is 24.0 Å². The van der Waals surface area contributed by atoms with Gasteiger partial charge in [0.1, 0.15) is 10.7 Å². The topological polar surface area (TPSA) is 88.8 Å². The molecule has 7 nitrogen and oxygen atoms in total. The molecule has 3 rings (SSSR count). The highest BCUT2D eigenvalue weighted by atomic mass is 32.2. The van der Waals surface area contributed by atoms with Gasteiger partial charge in [0.25, 0.3) is 5.91 Å². The Morgan fingerprint density at radius 3 is 2.57 bits per heavy atom. The van der Waals surface area contributed by atoms with Crippen LogP contribution in [-0.2, 0) is 27.9 Å². The maximum absolute atomic E-state index is 12.7. The van der Waals surface area contributed by atoms with E-state index in [4.69, 9.17) is 9.15 Å². The highest BCUT2D eigenvalue weighted by Gasteiger charge is 2.31. The second kappa shape index (κ2) is 8.89. The van der Waals surface area contributed by atoms with Crippen LogP contribution < -0.4 is 5.32 Å². The summed E-state index contributed by atoms with van der Waals surface area (Å²) in [6, 6.07) is 9.02. The van der Waals surface area contributed by atoms with Gasteiger partial charge in [0.2, 0.25) is 10.0 Å². The minimum absolute atomic E-state index is 0.00226. The zero-order chi connectivity index (χ0) is 20.1. The minimum atomic E-state index is -3.62. The van der Waals surface area contributed by atoms with Crippen LogP contribution in [0.2, 0.25) is 0 Å². The third kappa shape index (κ3) is 4.45. The summed E-state index contributed by atoms with van der Waals surface area (Å²) < 4.78 is 37.8. The largest absolute Gasteiger partial charge is 0.455 e. The Morgan fingerprint density at radius 1 is 1.21 bits per heavy atom. The first-order valence-corrected chi connectivity index (χ1v) is 10.9. The number of sulfonamides is 1. The summed E-state index contributed by atoms with van der Waals surface area (Å²) in [5, 5.41) is 2.80. The molecular formula is C20H26N2O5S. The number of aryl methyl sites for hydroxylation is 1. The maximum Gasteiger partial charge on any atom is 0.287 e. The molecule has 2 heterocycles. The molecule has 1 aromatic carbocycles. The van der Waals surface area contributed by atoms with E-state index in [1.54, 1.807) is 6.92 Å². The molecule has 1 aromatic heterocycles. The zero-order valence-corrected chi connectivity index (χ0v) is 17.0. The lowest BCUT2D eigenvalue weighted by atomic mass is 10.1. The highest BCUT2D eigenvalue weighted by Crippen LogP contribution is 2.26. The van der Waals surface area contributed by atoms with Gasteiger partial charge in [-0.25, -0.2) is 8.42 Å². The monoisotopic (exact) mass is 406 g/mol. The number of benzene rings is 1. The summed E-state index contributed by atoms with van der Waals surface area (Å²) >= 11 is 0. The van der Waals surface area contributed by atoms with E-state index in [9.17, 15) is 13.2 Å². The average molecular weight is 407 g/mol. The van der Waals surface area contributed by atoms with Gasteiger partial charge in [0.05, 0.1) is 6.61 Å². The second-order valence-electron chi connectivity index (χ2n) is 6.73. The molecule has 1 saturated heterocycles. The Bertz CT molecular complexity index is 930. The number of carbonyl (C=O) groups is 1. The van der Waals surface area contributed by atoms with Crippen molar-refractivity contribution in [1.29, 1.82) is 0 Å². The van der Waals surface area contributed by atoms with Crippen molar-refractivity contribution in [1.82, 2.24) is 9.62 Å². The second-order valence-corrected chi connectivity index (χ2v) is 8.64. The maximum atomic E-state index is 12.7. The molecule has 1 N–H and O–H groups in total.